The molecule has 76 valence electrons. The van der Waals surface area contributed by atoms with E-state index in [1.54, 1.807) is 0 Å². The lowest BCUT2D eigenvalue weighted by Crippen LogP contribution is -2.16. The fourth-order valence-electron chi connectivity index (χ4n) is 1.81. The van der Waals surface area contributed by atoms with Crippen LogP contribution >= 0.6 is 0 Å². The Morgan fingerprint density at radius 1 is 1.36 bits per heavy atom. The molecule has 2 heteroatoms. The molecule has 1 aliphatic heterocycles. The number of aliphatic hydroxyl groups excluding tert-OH is 1. The molecule has 0 amide bonds. The van der Waals surface area contributed by atoms with E-state index in [1.807, 2.05) is 6.92 Å². The Bertz CT molecular complexity index is 312. The number of hydrogen-bond acceptors (Lipinski definition) is 2. The van der Waals surface area contributed by atoms with Crippen molar-refractivity contribution in [3.63, 3.8) is 0 Å². The van der Waals surface area contributed by atoms with Crippen molar-refractivity contribution in [2.75, 3.05) is 6.61 Å². The van der Waals surface area contributed by atoms with E-state index in [1.165, 1.54) is 11.1 Å². The molecule has 1 aromatic rings. The van der Waals surface area contributed by atoms with Gasteiger partial charge in [-0.1, -0.05) is 36.8 Å². The third-order valence-corrected chi connectivity index (χ3v) is 3.02. The Labute approximate surface area is 84.5 Å². The lowest BCUT2D eigenvalue weighted by atomic mass is 9.97. The molecule has 0 saturated carbocycles. The molecule has 0 radical (unpaired) electrons. The van der Waals surface area contributed by atoms with Gasteiger partial charge in [-0.25, -0.2) is 0 Å². The smallest absolute Gasteiger partial charge is 0.122 e. The fraction of sp³-hybridized carbons (Fsp3) is 0.500. The molecule has 2 rings (SSSR count). The van der Waals surface area contributed by atoms with Crippen LogP contribution < -0.4 is 0 Å². The Morgan fingerprint density at radius 2 is 2.00 bits per heavy atom. The van der Waals surface area contributed by atoms with Gasteiger partial charge in [-0.05, 0) is 18.9 Å². The minimum absolute atomic E-state index is 0.0955. The van der Waals surface area contributed by atoms with Crippen molar-refractivity contribution < 1.29 is 9.84 Å². The van der Waals surface area contributed by atoms with Crippen LogP contribution in [-0.4, -0.2) is 17.3 Å². The maximum atomic E-state index is 9.22. The van der Waals surface area contributed by atoms with Crippen molar-refractivity contribution in [3.8, 4) is 0 Å². The van der Waals surface area contributed by atoms with E-state index in [0.29, 0.717) is 0 Å². The molecule has 1 saturated heterocycles. The van der Waals surface area contributed by atoms with Gasteiger partial charge in [-0.15, -0.1) is 0 Å². The minimum Gasteiger partial charge on any atom is -0.393 e. The van der Waals surface area contributed by atoms with Gasteiger partial charge in [-0.3, -0.25) is 0 Å². The topological polar surface area (TPSA) is 32.8 Å². The first-order valence-corrected chi connectivity index (χ1v) is 5.07. The van der Waals surface area contributed by atoms with Crippen molar-refractivity contribution in [2.24, 2.45) is 0 Å². The van der Waals surface area contributed by atoms with Crippen LogP contribution in [0.1, 0.15) is 30.6 Å². The van der Waals surface area contributed by atoms with Crippen LogP contribution in [-0.2, 0) is 4.74 Å². The number of benzene rings is 1. The molecule has 2 nitrogen and oxygen atoms in total. The lowest BCUT2D eigenvalue weighted by molar-refractivity contribution is 0.168. The van der Waals surface area contributed by atoms with E-state index >= 15 is 0 Å². The summed E-state index contributed by atoms with van der Waals surface area (Å²) in [6, 6.07) is 8.31. The Morgan fingerprint density at radius 3 is 2.43 bits per heavy atom. The Balaban J connectivity index is 2.16. The van der Waals surface area contributed by atoms with Crippen molar-refractivity contribution >= 4 is 0 Å². The first-order chi connectivity index (χ1) is 6.72. The summed E-state index contributed by atoms with van der Waals surface area (Å²) in [6.45, 7) is 4.23. The maximum Gasteiger partial charge on any atom is 0.122 e. The summed E-state index contributed by atoms with van der Waals surface area (Å²) in [6.07, 6.45) is 0.959. The van der Waals surface area contributed by atoms with Gasteiger partial charge in [0.25, 0.3) is 0 Å². The molecule has 2 atom stereocenters. The summed E-state index contributed by atoms with van der Waals surface area (Å²) in [5, 5.41) is 9.22. The highest BCUT2D eigenvalue weighted by Gasteiger charge is 2.55. The van der Waals surface area contributed by atoms with E-state index in [2.05, 4.69) is 31.2 Å². The Kier molecular flexibility index (Phi) is 2.33. The quantitative estimate of drug-likeness (QED) is 0.745. The van der Waals surface area contributed by atoms with Crippen molar-refractivity contribution in [1.29, 1.82) is 0 Å². The zero-order chi connectivity index (χ0) is 10.2. The summed E-state index contributed by atoms with van der Waals surface area (Å²) in [4.78, 5) is 0. The molecule has 0 aromatic heterocycles. The highest BCUT2D eigenvalue weighted by atomic mass is 16.6. The summed E-state index contributed by atoms with van der Waals surface area (Å²) >= 11 is 0. The van der Waals surface area contributed by atoms with Gasteiger partial charge in [0, 0.05) is 0 Å². The molecule has 1 fully saturated rings. The molecule has 0 bridgehead atoms. The van der Waals surface area contributed by atoms with Gasteiger partial charge >= 0.3 is 0 Å². The van der Waals surface area contributed by atoms with Gasteiger partial charge in [0.15, 0.2) is 0 Å². The molecule has 1 N–H and O–H groups in total. The van der Waals surface area contributed by atoms with E-state index in [4.69, 9.17) is 4.74 Å². The molecule has 1 heterocycles. The zero-order valence-electron chi connectivity index (χ0n) is 8.66. The van der Waals surface area contributed by atoms with Crippen LogP contribution in [0.2, 0.25) is 0 Å². The minimum atomic E-state index is -0.296. The second-order valence-electron chi connectivity index (χ2n) is 3.99. The molecule has 14 heavy (non-hydrogen) atoms. The normalized spacial score (nSPS) is 30.4. The number of ether oxygens (including phenoxy) is 1. The lowest BCUT2D eigenvalue weighted by Gasteiger charge is -2.05. The maximum absolute atomic E-state index is 9.22. The predicted molar refractivity (Wildman–Crippen MR) is 55.1 cm³/mol. The first-order valence-electron chi connectivity index (χ1n) is 5.07. The monoisotopic (exact) mass is 192 g/mol. The third-order valence-electron chi connectivity index (χ3n) is 3.02. The Hall–Kier alpha value is -0.860. The molecule has 0 spiro atoms. The number of aryl methyl sites for hydroxylation is 1. The van der Waals surface area contributed by atoms with Crippen LogP contribution in [0.5, 0.6) is 0 Å². The van der Waals surface area contributed by atoms with E-state index in [9.17, 15) is 5.11 Å². The molecule has 0 aliphatic carbocycles. The number of epoxide rings is 1. The standard InChI is InChI=1S/C12H16O2/c1-3-12(8-13)11(14-12)10-6-4-9(2)5-7-10/h4-7,11,13H,3,8H2,1-2H3/t11?,12-/m1/s1. The largest absolute Gasteiger partial charge is 0.393 e. The highest BCUT2D eigenvalue weighted by molar-refractivity contribution is 5.29. The zero-order valence-corrected chi connectivity index (χ0v) is 8.66. The van der Waals surface area contributed by atoms with Gasteiger partial charge in [0.2, 0.25) is 0 Å². The second kappa shape index (κ2) is 3.37. The number of hydrogen-bond donors (Lipinski definition) is 1. The molecule has 1 aromatic carbocycles. The van der Waals surface area contributed by atoms with E-state index in [0.717, 1.165) is 6.42 Å². The first kappa shape index (κ1) is 9.69. The van der Waals surface area contributed by atoms with Crippen LogP contribution in [0.3, 0.4) is 0 Å². The van der Waals surface area contributed by atoms with Gasteiger partial charge in [-0.2, -0.15) is 0 Å². The summed E-state index contributed by atoms with van der Waals surface area (Å²) in [5.74, 6) is 0. The van der Waals surface area contributed by atoms with E-state index in [-0.39, 0.29) is 18.3 Å². The van der Waals surface area contributed by atoms with Gasteiger partial charge in [0.1, 0.15) is 11.7 Å². The number of rotatable bonds is 3. The van der Waals surface area contributed by atoms with Crippen LogP contribution in [0, 0.1) is 6.92 Å². The highest BCUT2D eigenvalue weighted by Crippen LogP contribution is 2.51. The second-order valence-corrected chi connectivity index (χ2v) is 3.99. The summed E-state index contributed by atoms with van der Waals surface area (Å²) < 4.78 is 5.58. The summed E-state index contributed by atoms with van der Waals surface area (Å²) in [5.41, 5.74) is 2.13. The van der Waals surface area contributed by atoms with Crippen LogP contribution in [0.25, 0.3) is 0 Å². The molecule has 1 unspecified atom stereocenters. The van der Waals surface area contributed by atoms with Crippen molar-refractivity contribution in [3.05, 3.63) is 35.4 Å². The molecule has 1 aliphatic rings. The third kappa shape index (κ3) is 1.45. The van der Waals surface area contributed by atoms with Gasteiger partial charge < -0.3 is 9.84 Å². The van der Waals surface area contributed by atoms with Gasteiger partial charge in [0.05, 0.1) is 6.61 Å². The SMILES string of the molecule is CC[C@]1(CO)OC1c1ccc(C)cc1. The number of aliphatic hydroxyl groups is 1. The average Bonchev–Trinajstić information content (AvgIpc) is 2.94. The van der Waals surface area contributed by atoms with Crippen LogP contribution in [0.4, 0.5) is 0 Å². The van der Waals surface area contributed by atoms with E-state index < -0.39 is 0 Å². The average molecular weight is 192 g/mol. The van der Waals surface area contributed by atoms with Crippen LogP contribution in [0.15, 0.2) is 24.3 Å². The predicted octanol–water partition coefficient (Wildman–Crippen LogP) is 2.21. The molecular weight excluding hydrogens is 176 g/mol. The summed E-state index contributed by atoms with van der Waals surface area (Å²) in [7, 11) is 0. The molecular formula is C12H16O2. The fourth-order valence-corrected chi connectivity index (χ4v) is 1.81. The van der Waals surface area contributed by atoms with Crippen molar-refractivity contribution in [1.82, 2.24) is 0 Å². The van der Waals surface area contributed by atoms with Crippen molar-refractivity contribution in [2.45, 2.75) is 32.0 Å².